The minimum atomic E-state index is -1.06. The average molecular weight is 330 g/mol. The van der Waals surface area contributed by atoms with Crippen molar-refractivity contribution in [2.45, 2.75) is 13.0 Å². The van der Waals surface area contributed by atoms with Crippen molar-refractivity contribution in [3.05, 3.63) is 65.5 Å². The zero-order valence-corrected chi connectivity index (χ0v) is 12.8. The van der Waals surface area contributed by atoms with E-state index in [9.17, 15) is 14.0 Å². The topological polar surface area (TPSA) is 88.0 Å². The van der Waals surface area contributed by atoms with Gasteiger partial charge < -0.3 is 9.84 Å². The zero-order valence-electron chi connectivity index (χ0n) is 12.8. The Kier molecular flexibility index (Phi) is 5.62. The molecule has 0 aliphatic carbocycles. The fraction of sp³-hybridized carbons (Fsp3) is 0.118. The summed E-state index contributed by atoms with van der Waals surface area (Å²) in [5.74, 6) is -1.94. The summed E-state index contributed by atoms with van der Waals surface area (Å²) in [5, 5.41) is 12.5. The van der Waals surface area contributed by atoms with Crippen LogP contribution in [0.5, 0.6) is 5.75 Å². The molecular weight excluding hydrogens is 315 g/mol. The molecule has 0 aromatic heterocycles. The normalized spacial score (nSPS) is 11.9. The molecule has 7 heteroatoms. The van der Waals surface area contributed by atoms with Crippen LogP contribution in [-0.2, 0) is 4.79 Å². The lowest BCUT2D eigenvalue weighted by molar-refractivity contribution is -0.144. The molecule has 2 aromatic carbocycles. The van der Waals surface area contributed by atoms with Crippen LogP contribution in [-0.4, -0.2) is 29.3 Å². The van der Waals surface area contributed by atoms with Gasteiger partial charge in [0.25, 0.3) is 5.91 Å². The second-order valence-electron chi connectivity index (χ2n) is 4.85. The van der Waals surface area contributed by atoms with Gasteiger partial charge in [-0.15, -0.1) is 0 Å². The Bertz CT molecular complexity index is 759. The van der Waals surface area contributed by atoms with Gasteiger partial charge >= 0.3 is 5.97 Å². The second kappa shape index (κ2) is 7.87. The number of nitrogens with one attached hydrogen (secondary N) is 1. The number of aliphatic carboxylic acids is 1. The summed E-state index contributed by atoms with van der Waals surface area (Å²) in [7, 11) is 0. The van der Waals surface area contributed by atoms with Crippen LogP contribution in [0.2, 0.25) is 0 Å². The molecule has 0 aliphatic rings. The number of rotatable bonds is 6. The van der Waals surface area contributed by atoms with E-state index in [-0.39, 0.29) is 5.56 Å². The summed E-state index contributed by atoms with van der Waals surface area (Å²) in [6.45, 7) is 1.43. The largest absolute Gasteiger partial charge is 0.479 e. The molecule has 1 atom stereocenters. The van der Waals surface area contributed by atoms with Gasteiger partial charge in [-0.2, -0.15) is 5.10 Å². The first-order valence-corrected chi connectivity index (χ1v) is 7.05. The van der Waals surface area contributed by atoms with E-state index in [2.05, 4.69) is 10.5 Å². The van der Waals surface area contributed by atoms with Gasteiger partial charge in [0.2, 0.25) is 0 Å². The smallest absolute Gasteiger partial charge is 0.344 e. The van der Waals surface area contributed by atoms with Crippen LogP contribution >= 0.6 is 0 Å². The highest BCUT2D eigenvalue weighted by molar-refractivity contribution is 5.95. The van der Waals surface area contributed by atoms with Crippen LogP contribution < -0.4 is 10.2 Å². The maximum absolute atomic E-state index is 13.4. The van der Waals surface area contributed by atoms with E-state index < -0.39 is 23.8 Å². The fourth-order valence-corrected chi connectivity index (χ4v) is 1.76. The summed E-state index contributed by atoms with van der Waals surface area (Å²) < 4.78 is 18.6. The van der Waals surface area contributed by atoms with Crippen LogP contribution in [0.3, 0.4) is 0 Å². The summed E-state index contributed by atoms with van der Waals surface area (Å²) in [6.07, 6.45) is 0.424. The number of carboxylic acid groups (broad SMARTS) is 1. The minimum absolute atomic E-state index is 0.0962. The van der Waals surface area contributed by atoms with Gasteiger partial charge in [-0.1, -0.05) is 12.1 Å². The molecule has 124 valence electrons. The molecule has 0 bridgehead atoms. The van der Waals surface area contributed by atoms with Crippen molar-refractivity contribution in [3.8, 4) is 5.75 Å². The molecule has 2 rings (SSSR count). The fourth-order valence-electron chi connectivity index (χ4n) is 1.76. The van der Waals surface area contributed by atoms with Crippen molar-refractivity contribution in [1.82, 2.24) is 5.43 Å². The van der Waals surface area contributed by atoms with Gasteiger partial charge in [0.1, 0.15) is 11.6 Å². The number of hydrogen-bond acceptors (Lipinski definition) is 4. The molecule has 0 aliphatic heterocycles. The van der Waals surface area contributed by atoms with E-state index in [1.54, 1.807) is 30.3 Å². The zero-order chi connectivity index (χ0) is 17.5. The van der Waals surface area contributed by atoms with Gasteiger partial charge in [-0.3, -0.25) is 4.79 Å². The molecule has 6 nitrogen and oxygen atoms in total. The van der Waals surface area contributed by atoms with E-state index in [1.165, 1.54) is 31.3 Å². The minimum Gasteiger partial charge on any atom is -0.479 e. The predicted octanol–water partition coefficient (Wildman–Crippen LogP) is 2.44. The number of nitrogens with zero attached hydrogens (tertiary/aromatic N) is 1. The van der Waals surface area contributed by atoms with Crippen LogP contribution in [0.15, 0.2) is 53.6 Å². The third kappa shape index (κ3) is 4.64. The number of benzene rings is 2. The molecule has 0 heterocycles. The summed E-state index contributed by atoms with van der Waals surface area (Å²) >= 11 is 0. The van der Waals surface area contributed by atoms with Gasteiger partial charge in [0.05, 0.1) is 11.8 Å². The molecule has 2 aromatic rings. The monoisotopic (exact) mass is 330 g/mol. The van der Waals surface area contributed by atoms with E-state index >= 15 is 0 Å². The molecule has 2 N–H and O–H groups in total. The summed E-state index contributed by atoms with van der Waals surface area (Å²) in [6, 6.07) is 12.0. The number of carbonyl (C=O) groups is 2. The Morgan fingerprint density at radius 3 is 2.50 bits per heavy atom. The summed E-state index contributed by atoms with van der Waals surface area (Å²) in [4.78, 5) is 22.5. The Morgan fingerprint density at radius 2 is 1.88 bits per heavy atom. The van der Waals surface area contributed by atoms with Crippen molar-refractivity contribution in [2.24, 2.45) is 5.10 Å². The van der Waals surface area contributed by atoms with Crippen LogP contribution in [0.4, 0.5) is 4.39 Å². The van der Waals surface area contributed by atoms with E-state index in [0.29, 0.717) is 11.3 Å². The third-order valence-corrected chi connectivity index (χ3v) is 3.04. The standard InChI is InChI=1S/C17H15FN2O4/c1-11(17(22)23)24-13-8-6-12(7-9-13)10-19-20-16(21)14-4-2-3-5-15(14)18/h2-11H,1H3,(H,20,21)(H,22,23)/b19-10-/t11-/m0/s1. The van der Waals surface area contributed by atoms with Crippen molar-refractivity contribution in [1.29, 1.82) is 0 Å². The number of ether oxygens (including phenoxy) is 1. The Balaban J connectivity index is 1.94. The van der Waals surface area contributed by atoms with Crippen LogP contribution in [0.25, 0.3) is 0 Å². The molecule has 0 unspecified atom stereocenters. The number of hydrogen-bond donors (Lipinski definition) is 2. The van der Waals surface area contributed by atoms with Crippen LogP contribution in [0, 0.1) is 5.82 Å². The summed E-state index contributed by atoms with van der Waals surface area (Å²) in [5.41, 5.74) is 2.79. The van der Waals surface area contributed by atoms with E-state index in [1.807, 2.05) is 0 Å². The lowest BCUT2D eigenvalue weighted by atomic mass is 10.2. The number of carboxylic acids is 1. The molecular formula is C17H15FN2O4. The molecule has 24 heavy (non-hydrogen) atoms. The van der Waals surface area contributed by atoms with Crippen LogP contribution in [0.1, 0.15) is 22.8 Å². The number of hydrazone groups is 1. The Morgan fingerprint density at radius 1 is 1.21 bits per heavy atom. The molecule has 0 fully saturated rings. The molecule has 0 saturated heterocycles. The lowest BCUT2D eigenvalue weighted by Gasteiger charge is -2.09. The number of amides is 1. The first kappa shape index (κ1) is 17.1. The second-order valence-corrected chi connectivity index (χ2v) is 4.85. The maximum atomic E-state index is 13.4. The highest BCUT2D eigenvalue weighted by atomic mass is 19.1. The van der Waals surface area contributed by atoms with Crippen molar-refractivity contribution < 1.29 is 23.8 Å². The molecule has 0 radical (unpaired) electrons. The molecule has 0 saturated carbocycles. The maximum Gasteiger partial charge on any atom is 0.344 e. The van der Waals surface area contributed by atoms with E-state index in [4.69, 9.17) is 9.84 Å². The molecule has 1 amide bonds. The number of halogens is 1. The SMILES string of the molecule is C[C@H](Oc1ccc(/C=N\NC(=O)c2ccccc2F)cc1)C(=O)O. The van der Waals surface area contributed by atoms with Crippen molar-refractivity contribution >= 4 is 18.1 Å². The first-order valence-electron chi connectivity index (χ1n) is 7.05. The first-order chi connectivity index (χ1) is 11.5. The number of carbonyl (C=O) groups excluding carboxylic acids is 1. The third-order valence-electron chi connectivity index (χ3n) is 3.04. The highest BCUT2D eigenvalue weighted by Crippen LogP contribution is 2.13. The average Bonchev–Trinajstić information content (AvgIpc) is 2.56. The quantitative estimate of drug-likeness (QED) is 0.629. The van der Waals surface area contributed by atoms with Gasteiger partial charge in [0.15, 0.2) is 6.10 Å². The Hall–Kier alpha value is -3.22. The van der Waals surface area contributed by atoms with Gasteiger partial charge in [0, 0.05) is 0 Å². The van der Waals surface area contributed by atoms with Gasteiger partial charge in [-0.25, -0.2) is 14.6 Å². The van der Waals surface area contributed by atoms with E-state index in [0.717, 1.165) is 0 Å². The van der Waals surface area contributed by atoms with Gasteiger partial charge in [-0.05, 0) is 48.9 Å². The van der Waals surface area contributed by atoms with Crippen molar-refractivity contribution in [2.75, 3.05) is 0 Å². The predicted molar refractivity (Wildman–Crippen MR) is 85.6 cm³/mol. The van der Waals surface area contributed by atoms with Crippen molar-refractivity contribution in [3.63, 3.8) is 0 Å². The highest BCUT2D eigenvalue weighted by Gasteiger charge is 2.12. The lowest BCUT2D eigenvalue weighted by Crippen LogP contribution is -2.22. The Labute approximate surface area is 137 Å². The molecule has 0 spiro atoms.